The second-order valence-electron chi connectivity index (χ2n) is 3.17. The molecule has 88 valence electrons. The third kappa shape index (κ3) is 3.41. The number of halogens is 4. The van der Waals surface area contributed by atoms with Crippen LogP contribution in [0.2, 0.25) is 0 Å². The van der Waals surface area contributed by atoms with Gasteiger partial charge in [0.15, 0.2) is 0 Å². The average Bonchev–Trinajstić information content (AvgIpc) is 2.25. The summed E-state index contributed by atoms with van der Waals surface area (Å²) in [7, 11) is 0. The number of hydrogen-bond donors (Lipinski definition) is 1. The second kappa shape index (κ2) is 5.21. The van der Waals surface area contributed by atoms with E-state index in [9.17, 15) is 13.2 Å². The van der Waals surface area contributed by atoms with E-state index in [-0.39, 0.29) is 18.0 Å². The third-order valence-corrected chi connectivity index (χ3v) is 2.27. The molecule has 0 aliphatic carbocycles. The van der Waals surface area contributed by atoms with Gasteiger partial charge in [-0.05, 0) is 11.6 Å². The number of alkyl halides is 4. The van der Waals surface area contributed by atoms with Crippen LogP contribution in [-0.2, 0) is 12.6 Å². The molecule has 0 amide bonds. The fourth-order valence-electron chi connectivity index (χ4n) is 1.20. The molecule has 1 aromatic carbocycles. The van der Waals surface area contributed by atoms with Gasteiger partial charge < -0.3 is 5.21 Å². The zero-order valence-electron chi connectivity index (χ0n) is 8.13. The highest BCUT2D eigenvalue weighted by molar-refractivity contribution is 6.28. The number of nitrogens with zero attached hydrogens (tertiary/aromatic N) is 1. The molecule has 16 heavy (non-hydrogen) atoms. The predicted molar refractivity (Wildman–Crippen MR) is 55.1 cm³/mol. The monoisotopic (exact) mass is 251 g/mol. The molecule has 1 N–H and O–H groups in total. The van der Waals surface area contributed by atoms with Gasteiger partial charge in [-0.3, -0.25) is 0 Å². The van der Waals surface area contributed by atoms with E-state index >= 15 is 0 Å². The van der Waals surface area contributed by atoms with E-state index < -0.39 is 11.7 Å². The molecule has 0 aliphatic heterocycles. The van der Waals surface area contributed by atoms with Crippen LogP contribution in [0.1, 0.15) is 11.1 Å². The second-order valence-corrected chi connectivity index (χ2v) is 3.44. The van der Waals surface area contributed by atoms with E-state index in [1.807, 2.05) is 0 Å². The van der Waals surface area contributed by atoms with E-state index in [1.165, 1.54) is 12.1 Å². The Bertz CT molecular complexity index is 390. The Morgan fingerprint density at radius 3 is 2.56 bits per heavy atom. The van der Waals surface area contributed by atoms with Crippen molar-refractivity contribution in [3.05, 3.63) is 35.4 Å². The Morgan fingerprint density at radius 2 is 2.06 bits per heavy atom. The van der Waals surface area contributed by atoms with E-state index in [0.29, 0.717) is 5.56 Å². The van der Waals surface area contributed by atoms with Crippen LogP contribution in [0, 0.1) is 0 Å². The first-order valence-corrected chi connectivity index (χ1v) is 4.92. The van der Waals surface area contributed by atoms with Crippen molar-refractivity contribution in [2.75, 3.05) is 5.88 Å². The van der Waals surface area contributed by atoms with Crippen LogP contribution in [0.5, 0.6) is 0 Å². The van der Waals surface area contributed by atoms with Gasteiger partial charge in [0.05, 0.1) is 17.2 Å². The summed E-state index contributed by atoms with van der Waals surface area (Å²) in [4.78, 5) is 0. The number of hydrogen-bond acceptors (Lipinski definition) is 2. The molecule has 0 saturated carbocycles. The lowest BCUT2D eigenvalue weighted by atomic mass is 10.1. The minimum absolute atomic E-state index is 0.0211. The van der Waals surface area contributed by atoms with Gasteiger partial charge in [0.2, 0.25) is 0 Å². The minimum Gasteiger partial charge on any atom is -0.411 e. The zero-order chi connectivity index (χ0) is 12.2. The van der Waals surface area contributed by atoms with Crippen molar-refractivity contribution in [3.63, 3.8) is 0 Å². The van der Waals surface area contributed by atoms with Crippen LogP contribution < -0.4 is 0 Å². The van der Waals surface area contributed by atoms with Gasteiger partial charge in [-0.15, -0.1) is 11.6 Å². The Morgan fingerprint density at radius 1 is 1.38 bits per heavy atom. The maximum absolute atomic E-state index is 12.4. The molecular formula is C10H9ClF3NO. The minimum atomic E-state index is -4.37. The van der Waals surface area contributed by atoms with Crippen LogP contribution in [0.25, 0.3) is 0 Å². The fraction of sp³-hybridized carbons (Fsp3) is 0.300. The highest BCUT2D eigenvalue weighted by Gasteiger charge is 2.30. The highest BCUT2D eigenvalue weighted by Crippen LogP contribution is 2.29. The van der Waals surface area contributed by atoms with Crippen molar-refractivity contribution in [1.82, 2.24) is 0 Å². The van der Waals surface area contributed by atoms with Crippen LogP contribution >= 0.6 is 11.6 Å². The molecule has 0 aromatic heterocycles. The summed E-state index contributed by atoms with van der Waals surface area (Å²) in [6, 6.07) is 4.83. The van der Waals surface area contributed by atoms with Crippen molar-refractivity contribution in [1.29, 1.82) is 0 Å². The first-order chi connectivity index (χ1) is 7.47. The van der Waals surface area contributed by atoms with Gasteiger partial charge in [0.1, 0.15) is 0 Å². The molecule has 0 aliphatic rings. The first-order valence-electron chi connectivity index (χ1n) is 4.39. The van der Waals surface area contributed by atoms with Crippen molar-refractivity contribution < 1.29 is 18.4 Å². The van der Waals surface area contributed by atoms with Crippen molar-refractivity contribution >= 4 is 17.3 Å². The Balaban J connectivity index is 2.91. The number of benzene rings is 1. The Labute approximate surface area is 95.3 Å². The van der Waals surface area contributed by atoms with Gasteiger partial charge in [-0.2, -0.15) is 13.2 Å². The summed E-state index contributed by atoms with van der Waals surface area (Å²) in [5, 5.41) is 11.4. The maximum atomic E-state index is 12.4. The van der Waals surface area contributed by atoms with E-state index in [0.717, 1.165) is 12.1 Å². The maximum Gasteiger partial charge on any atom is 0.416 e. The van der Waals surface area contributed by atoms with Crippen LogP contribution in [0.15, 0.2) is 29.4 Å². The molecular weight excluding hydrogens is 243 g/mol. The van der Waals surface area contributed by atoms with Crippen LogP contribution in [0.3, 0.4) is 0 Å². The van der Waals surface area contributed by atoms with Crippen molar-refractivity contribution in [2.45, 2.75) is 12.6 Å². The lowest BCUT2D eigenvalue weighted by Gasteiger charge is -2.08. The van der Waals surface area contributed by atoms with Crippen molar-refractivity contribution in [2.24, 2.45) is 5.16 Å². The van der Waals surface area contributed by atoms with Gasteiger partial charge in [0.25, 0.3) is 0 Å². The smallest absolute Gasteiger partial charge is 0.411 e. The van der Waals surface area contributed by atoms with E-state index in [2.05, 4.69) is 5.16 Å². The standard InChI is InChI=1S/C10H9ClF3NO/c11-6-9(15-16)5-7-2-1-3-8(4-7)10(12,13)14/h1-4,16H,5-6H2. The molecule has 0 atom stereocenters. The summed E-state index contributed by atoms with van der Waals surface area (Å²) in [5.41, 5.74) is -0.0962. The lowest BCUT2D eigenvalue weighted by molar-refractivity contribution is -0.137. The van der Waals surface area contributed by atoms with Crippen LogP contribution in [-0.4, -0.2) is 16.8 Å². The molecule has 6 heteroatoms. The molecule has 0 saturated heterocycles. The zero-order valence-corrected chi connectivity index (χ0v) is 8.89. The fourth-order valence-corrected chi connectivity index (χ4v) is 1.35. The van der Waals surface area contributed by atoms with Gasteiger partial charge >= 0.3 is 6.18 Å². The SMILES string of the molecule is ON=C(CCl)Cc1cccc(C(F)(F)F)c1. The summed E-state index contributed by atoms with van der Waals surface area (Å²) < 4.78 is 37.1. The molecule has 1 aromatic rings. The topological polar surface area (TPSA) is 32.6 Å². The summed E-state index contributed by atoms with van der Waals surface area (Å²) in [6.45, 7) is 0. The normalized spacial score (nSPS) is 12.9. The summed E-state index contributed by atoms with van der Waals surface area (Å²) >= 11 is 5.43. The lowest BCUT2D eigenvalue weighted by Crippen LogP contribution is -2.08. The highest BCUT2D eigenvalue weighted by atomic mass is 35.5. The summed E-state index contributed by atoms with van der Waals surface area (Å²) in [6.07, 6.45) is -4.27. The van der Waals surface area contributed by atoms with Gasteiger partial charge in [-0.25, -0.2) is 0 Å². The number of rotatable bonds is 3. The molecule has 0 heterocycles. The van der Waals surface area contributed by atoms with Gasteiger partial charge in [0, 0.05) is 6.42 Å². The molecule has 0 bridgehead atoms. The largest absolute Gasteiger partial charge is 0.416 e. The van der Waals surface area contributed by atoms with E-state index in [1.54, 1.807) is 0 Å². The molecule has 0 spiro atoms. The van der Waals surface area contributed by atoms with E-state index in [4.69, 9.17) is 16.8 Å². The molecule has 2 nitrogen and oxygen atoms in total. The molecule has 0 unspecified atom stereocenters. The third-order valence-electron chi connectivity index (χ3n) is 1.96. The molecule has 0 radical (unpaired) electrons. The van der Waals surface area contributed by atoms with Crippen molar-refractivity contribution in [3.8, 4) is 0 Å². The van der Waals surface area contributed by atoms with Crippen LogP contribution in [0.4, 0.5) is 13.2 Å². The molecule has 1 rings (SSSR count). The molecule has 0 fully saturated rings. The predicted octanol–water partition coefficient (Wildman–Crippen LogP) is 3.32. The Hall–Kier alpha value is -1.23. The van der Waals surface area contributed by atoms with Gasteiger partial charge in [-0.1, -0.05) is 23.4 Å². The number of oxime groups is 1. The quantitative estimate of drug-likeness (QED) is 0.380. The summed E-state index contributed by atoms with van der Waals surface area (Å²) in [5.74, 6) is -0.0211. The average molecular weight is 252 g/mol. The first kappa shape index (κ1) is 12.8. The Kier molecular flexibility index (Phi) is 4.18.